The molecule has 3 fully saturated rings. The summed E-state index contributed by atoms with van der Waals surface area (Å²) in [7, 11) is 1.29. The fourth-order valence-electron chi connectivity index (χ4n) is 9.75. The zero-order chi connectivity index (χ0) is 43.5. The average molecular weight is 822 g/mol. The van der Waals surface area contributed by atoms with Gasteiger partial charge in [0.05, 0.1) is 35.6 Å². The Morgan fingerprint density at radius 2 is 1.58 bits per heavy atom. The van der Waals surface area contributed by atoms with Crippen molar-refractivity contribution in [2.45, 2.75) is 128 Å². The van der Waals surface area contributed by atoms with E-state index in [1.165, 1.54) is 33.1 Å². The summed E-state index contributed by atoms with van der Waals surface area (Å²) in [5, 5.41) is 39.8. The molecule has 4 N–H and O–H groups in total. The normalized spacial score (nSPS) is 33.3. The number of amides is 1. The van der Waals surface area contributed by atoms with Gasteiger partial charge in [0.1, 0.15) is 35.6 Å². The Bertz CT molecular complexity index is 1990. The third-order valence-corrected chi connectivity index (χ3v) is 12.8. The first-order chi connectivity index (χ1) is 27.5. The SMILES string of the molecule is CO[C@H]1C(=O)[C@@]2(C)[C@H]([C@H](OC(=O)c3ccccc3)C3(O)C[C@H](OC(=O)[C@H](O)[C@@H](NC(=O)OC(C)(C)C)c4ccccc4)C(C)=C1C3(C)C)[C@]1(OC(C)=O)CO[C@@H]1C[C@@H]2O. The van der Waals surface area contributed by atoms with Gasteiger partial charge in [0.15, 0.2) is 17.5 Å². The van der Waals surface area contributed by atoms with Crippen LogP contribution in [0.25, 0.3) is 0 Å². The summed E-state index contributed by atoms with van der Waals surface area (Å²) in [6, 6.07) is 14.9. The second-order valence-corrected chi connectivity index (χ2v) is 17.8. The Kier molecular flexibility index (Phi) is 11.7. The van der Waals surface area contributed by atoms with Gasteiger partial charge in [-0.05, 0) is 63.5 Å². The molecule has 0 aromatic heterocycles. The quantitative estimate of drug-likeness (QED) is 0.161. The van der Waals surface area contributed by atoms with Crippen LogP contribution in [0.1, 0.15) is 90.2 Å². The van der Waals surface area contributed by atoms with Crippen molar-refractivity contribution >= 4 is 29.8 Å². The maximum Gasteiger partial charge on any atom is 0.408 e. The Morgan fingerprint density at radius 1 is 0.966 bits per heavy atom. The molecule has 15 nitrogen and oxygen atoms in total. The molecule has 1 heterocycles. The molecule has 1 unspecified atom stereocenters. The van der Waals surface area contributed by atoms with Gasteiger partial charge in [-0.15, -0.1) is 0 Å². The summed E-state index contributed by atoms with van der Waals surface area (Å²) >= 11 is 0. The van der Waals surface area contributed by atoms with Crippen LogP contribution in [-0.4, -0.2) is 112 Å². The van der Waals surface area contributed by atoms with E-state index < -0.39 is 112 Å². The standard InChI is InChI=1S/C44H55NO14/c1-23-27(56-38(51)32(48)31(25-16-12-10-13-17-25)45-39(52)59-40(3,4)5)21-44(53)36(57-37(50)26-18-14-11-15-19-26)34-42(8,35(49)33(54-9)30(23)41(44,6)7)28(47)20-29-43(34,22-55-29)58-24(2)46/h10-19,27-29,31-34,36,47-48,53H,20-22H2,1-9H3,(H,45,52)/t27-,28-,29+,31-,32+,33+,34-,36-,42+,43-,44?/m0/s1. The van der Waals surface area contributed by atoms with Crippen molar-refractivity contribution in [3.63, 3.8) is 0 Å². The van der Waals surface area contributed by atoms with Crippen LogP contribution < -0.4 is 5.32 Å². The summed E-state index contributed by atoms with van der Waals surface area (Å²) in [6.07, 6.45) is -10.5. The number of benzene rings is 2. The lowest BCUT2D eigenvalue weighted by Gasteiger charge is -2.67. The number of fused-ring (bicyclic) bond motifs is 5. The van der Waals surface area contributed by atoms with E-state index in [-0.39, 0.29) is 24.2 Å². The molecule has 15 heteroatoms. The van der Waals surface area contributed by atoms with E-state index in [9.17, 15) is 34.5 Å². The van der Waals surface area contributed by atoms with Gasteiger partial charge < -0.3 is 49.1 Å². The number of ketones is 1. The van der Waals surface area contributed by atoms with Crippen molar-refractivity contribution in [2.75, 3.05) is 13.7 Å². The summed E-state index contributed by atoms with van der Waals surface area (Å²) in [5.41, 5.74) is -7.29. The van der Waals surface area contributed by atoms with Crippen LogP contribution in [0.15, 0.2) is 71.8 Å². The van der Waals surface area contributed by atoms with Gasteiger partial charge in [-0.25, -0.2) is 14.4 Å². The van der Waals surface area contributed by atoms with Crippen molar-refractivity contribution in [1.29, 1.82) is 0 Å². The third kappa shape index (κ3) is 7.45. The van der Waals surface area contributed by atoms with Gasteiger partial charge in [0.2, 0.25) is 0 Å². The summed E-state index contributed by atoms with van der Waals surface area (Å²) in [5.74, 6) is -4.91. The molecule has 1 saturated heterocycles. The van der Waals surface area contributed by atoms with E-state index in [1.54, 1.807) is 90.1 Å². The van der Waals surface area contributed by atoms with Crippen molar-refractivity contribution in [1.82, 2.24) is 5.32 Å². The Labute approximate surface area is 343 Å². The first-order valence-electron chi connectivity index (χ1n) is 19.7. The van der Waals surface area contributed by atoms with Gasteiger partial charge in [-0.1, -0.05) is 62.4 Å². The number of aliphatic hydroxyl groups excluding tert-OH is 2. The van der Waals surface area contributed by atoms with Gasteiger partial charge >= 0.3 is 24.0 Å². The van der Waals surface area contributed by atoms with Crippen molar-refractivity contribution < 1.29 is 67.7 Å². The largest absolute Gasteiger partial charge is 0.456 e. The van der Waals surface area contributed by atoms with E-state index in [4.69, 9.17) is 28.4 Å². The molecular weight excluding hydrogens is 766 g/mol. The lowest BCUT2D eigenvalue weighted by atomic mass is 9.44. The number of rotatable bonds is 9. The highest BCUT2D eigenvalue weighted by molar-refractivity contribution is 5.94. The highest BCUT2D eigenvalue weighted by Crippen LogP contribution is 2.64. The number of esters is 3. The highest BCUT2D eigenvalue weighted by Gasteiger charge is 2.78. The molecule has 0 radical (unpaired) electrons. The Morgan fingerprint density at radius 3 is 2.12 bits per heavy atom. The molecule has 320 valence electrons. The molecule has 3 aliphatic carbocycles. The minimum atomic E-state index is -2.27. The molecule has 4 aliphatic rings. The number of Topliss-reactive ketones (excluding diaryl/α,β-unsaturated/α-hetero) is 1. The maximum atomic E-state index is 15.3. The number of hydrogen-bond acceptors (Lipinski definition) is 14. The van der Waals surface area contributed by atoms with Gasteiger partial charge in [0.25, 0.3) is 0 Å². The van der Waals surface area contributed by atoms with Crippen LogP contribution in [0.2, 0.25) is 0 Å². The van der Waals surface area contributed by atoms with E-state index >= 15 is 4.79 Å². The molecule has 2 aromatic rings. The first kappa shape index (κ1) is 43.9. The monoisotopic (exact) mass is 821 g/mol. The number of methoxy groups -OCH3 is 1. The smallest absolute Gasteiger partial charge is 0.408 e. The van der Waals surface area contributed by atoms with Crippen molar-refractivity contribution in [3.05, 3.63) is 82.9 Å². The van der Waals surface area contributed by atoms with E-state index in [0.29, 0.717) is 11.1 Å². The third-order valence-electron chi connectivity index (χ3n) is 12.8. The predicted molar refractivity (Wildman–Crippen MR) is 208 cm³/mol. The summed E-state index contributed by atoms with van der Waals surface area (Å²) < 4.78 is 35.8. The second-order valence-electron chi connectivity index (χ2n) is 17.8. The van der Waals surface area contributed by atoms with Crippen LogP contribution in [0.4, 0.5) is 4.79 Å². The molecule has 2 aromatic carbocycles. The molecule has 6 rings (SSSR count). The van der Waals surface area contributed by atoms with Gasteiger partial charge in [-0.2, -0.15) is 0 Å². The Balaban J connectivity index is 1.51. The maximum absolute atomic E-state index is 15.3. The Hall–Kier alpha value is -4.67. The predicted octanol–water partition coefficient (Wildman–Crippen LogP) is 3.91. The molecule has 1 amide bonds. The minimum absolute atomic E-state index is 0.108. The fourth-order valence-corrected chi connectivity index (χ4v) is 9.75. The first-order valence-corrected chi connectivity index (χ1v) is 19.7. The van der Waals surface area contributed by atoms with Crippen LogP contribution in [0.3, 0.4) is 0 Å². The summed E-state index contributed by atoms with van der Waals surface area (Å²) in [6.45, 7) is 12.3. The van der Waals surface area contributed by atoms with E-state index in [2.05, 4.69) is 5.32 Å². The molecule has 2 bridgehead atoms. The zero-order valence-corrected chi connectivity index (χ0v) is 34.8. The molecule has 1 aliphatic heterocycles. The number of carbonyl (C=O) groups is 5. The number of alkyl carbamates (subject to hydrolysis) is 1. The molecule has 11 atom stereocenters. The van der Waals surface area contributed by atoms with Crippen LogP contribution in [0, 0.1) is 16.7 Å². The molecule has 59 heavy (non-hydrogen) atoms. The number of aliphatic hydroxyl groups is 3. The number of carbonyl (C=O) groups excluding carboxylic acids is 5. The molecular formula is C44H55NO14. The van der Waals surface area contributed by atoms with E-state index in [1.807, 2.05) is 0 Å². The minimum Gasteiger partial charge on any atom is -0.456 e. The van der Waals surface area contributed by atoms with Crippen LogP contribution in [-0.2, 0) is 42.8 Å². The molecule has 0 spiro atoms. The van der Waals surface area contributed by atoms with Crippen molar-refractivity contribution in [3.8, 4) is 0 Å². The topological polar surface area (TPSA) is 213 Å². The van der Waals surface area contributed by atoms with E-state index in [0.717, 1.165) is 0 Å². The average Bonchev–Trinajstić information content (AvgIpc) is 3.16. The molecule has 2 saturated carbocycles. The number of ether oxygens (including phenoxy) is 6. The highest BCUT2D eigenvalue weighted by atomic mass is 16.6. The summed E-state index contributed by atoms with van der Waals surface area (Å²) in [4.78, 5) is 69.6. The van der Waals surface area contributed by atoms with Gasteiger partial charge in [-0.3, -0.25) is 9.59 Å². The fraction of sp³-hybridized carbons (Fsp3) is 0.568. The lowest BCUT2D eigenvalue weighted by molar-refractivity contribution is -0.346. The van der Waals surface area contributed by atoms with Crippen LogP contribution >= 0.6 is 0 Å². The number of hydrogen-bond donors (Lipinski definition) is 4. The zero-order valence-electron chi connectivity index (χ0n) is 34.8. The van der Waals surface area contributed by atoms with Gasteiger partial charge in [0, 0.05) is 32.3 Å². The number of nitrogens with one attached hydrogen (secondary N) is 1. The van der Waals surface area contributed by atoms with Crippen molar-refractivity contribution in [2.24, 2.45) is 16.7 Å². The van der Waals surface area contributed by atoms with Crippen LogP contribution in [0.5, 0.6) is 0 Å². The lowest BCUT2D eigenvalue weighted by Crippen LogP contribution is -2.81. The second kappa shape index (κ2) is 15.7.